The van der Waals surface area contributed by atoms with E-state index in [-0.39, 0.29) is 41.5 Å². The van der Waals surface area contributed by atoms with Gasteiger partial charge in [0.05, 0.1) is 0 Å². The van der Waals surface area contributed by atoms with Crippen molar-refractivity contribution in [1.82, 2.24) is 19.7 Å². The predicted molar refractivity (Wildman–Crippen MR) is 128 cm³/mol. The maximum atomic E-state index is 13.4. The summed E-state index contributed by atoms with van der Waals surface area (Å²) in [5.41, 5.74) is 1.70. The quantitative estimate of drug-likeness (QED) is 0.639. The van der Waals surface area contributed by atoms with Crippen LogP contribution >= 0.6 is 0 Å². The van der Waals surface area contributed by atoms with E-state index < -0.39 is 16.1 Å². The molecule has 1 aliphatic heterocycles. The van der Waals surface area contributed by atoms with E-state index in [0.717, 1.165) is 5.56 Å². The number of aromatic nitrogens is 1. The summed E-state index contributed by atoms with van der Waals surface area (Å²) < 4.78 is 32.8. The Balaban J connectivity index is 1.74. The Morgan fingerprint density at radius 2 is 1.79 bits per heavy atom. The van der Waals surface area contributed by atoms with Gasteiger partial charge in [-0.05, 0) is 51.2 Å². The summed E-state index contributed by atoms with van der Waals surface area (Å²) >= 11 is 0. The summed E-state index contributed by atoms with van der Waals surface area (Å²) in [5.74, 6) is -0.0260. The standard InChI is InChI=1S/C24H34N4O5S/c1-16(2)15-21(25-23(29)20-10-7-6-9-17(20)3)24(30)27-11-8-12-28(14-13-27)34(31,32)22-18(4)26-33-19(22)5/h6-7,9-10,16,21H,8,11-15H2,1-5H3,(H,25,29). The van der Waals surface area contributed by atoms with Gasteiger partial charge in [-0.15, -0.1) is 0 Å². The lowest BCUT2D eigenvalue weighted by molar-refractivity contribution is -0.133. The van der Waals surface area contributed by atoms with Gasteiger partial charge in [-0.2, -0.15) is 4.31 Å². The molecule has 1 fully saturated rings. The molecule has 3 rings (SSSR count). The maximum Gasteiger partial charge on any atom is 0.252 e. The predicted octanol–water partition coefficient (Wildman–Crippen LogP) is 2.67. The second kappa shape index (κ2) is 10.7. The molecule has 10 heteroatoms. The topological polar surface area (TPSA) is 113 Å². The van der Waals surface area contributed by atoms with Crippen LogP contribution in [0.25, 0.3) is 0 Å². The van der Waals surface area contributed by atoms with Crippen LogP contribution in [0.4, 0.5) is 0 Å². The average Bonchev–Trinajstić information content (AvgIpc) is 2.97. The number of nitrogens with zero attached hydrogens (tertiary/aromatic N) is 3. The van der Waals surface area contributed by atoms with Gasteiger partial charge in [0.2, 0.25) is 15.9 Å². The van der Waals surface area contributed by atoms with Crippen LogP contribution in [0, 0.1) is 26.7 Å². The number of carbonyl (C=O) groups is 2. The van der Waals surface area contributed by atoms with Crippen molar-refractivity contribution in [3.05, 3.63) is 46.8 Å². The fourth-order valence-corrected chi connectivity index (χ4v) is 6.06. The van der Waals surface area contributed by atoms with E-state index in [1.165, 1.54) is 4.31 Å². The molecule has 1 N–H and O–H groups in total. The first-order valence-electron chi connectivity index (χ1n) is 11.6. The van der Waals surface area contributed by atoms with E-state index in [2.05, 4.69) is 10.5 Å². The van der Waals surface area contributed by atoms with E-state index in [0.29, 0.717) is 37.2 Å². The van der Waals surface area contributed by atoms with Crippen LogP contribution in [-0.2, 0) is 14.8 Å². The van der Waals surface area contributed by atoms with Crippen molar-refractivity contribution in [3.63, 3.8) is 0 Å². The molecular formula is C24H34N4O5S. The van der Waals surface area contributed by atoms with E-state index in [1.807, 2.05) is 32.9 Å². The highest BCUT2D eigenvalue weighted by molar-refractivity contribution is 7.89. The first kappa shape index (κ1) is 25.9. The van der Waals surface area contributed by atoms with Crippen molar-refractivity contribution in [2.24, 2.45) is 5.92 Å². The Bertz CT molecular complexity index is 1120. The first-order valence-corrected chi connectivity index (χ1v) is 13.0. The summed E-state index contributed by atoms with van der Waals surface area (Å²) in [6.45, 7) is 10.2. The van der Waals surface area contributed by atoms with Gasteiger partial charge in [-0.25, -0.2) is 8.42 Å². The molecule has 9 nitrogen and oxygen atoms in total. The van der Waals surface area contributed by atoms with Crippen LogP contribution in [0.15, 0.2) is 33.7 Å². The van der Waals surface area contributed by atoms with Gasteiger partial charge in [0.1, 0.15) is 16.6 Å². The van der Waals surface area contributed by atoms with Crippen LogP contribution in [0.3, 0.4) is 0 Å². The van der Waals surface area contributed by atoms with E-state index in [9.17, 15) is 18.0 Å². The Kier molecular flexibility index (Phi) is 8.14. The van der Waals surface area contributed by atoms with Gasteiger partial charge in [-0.1, -0.05) is 37.2 Å². The molecule has 2 amide bonds. The van der Waals surface area contributed by atoms with Crippen molar-refractivity contribution < 1.29 is 22.5 Å². The molecule has 0 bridgehead atoms. The lowest BCUT2D eigenvalue weighted by Crippen LogP contribution is -2.50. The number of amides is 2. The Morgan fingerprint density at radius 3 is 2.41 bits per heavy atom. The Labute approximate surface area is 201 Å². The van der Waals surface area contributed by atoms with Gasteiger partial charge in [-0.3, -0.25) is 9.59 Å². The van der Waals surface area contributed by atoms with E-state index in [1.54, 1.807) is 30.9 Å². The molecule has 1 unspecified atom stereocenters. The fraction of sp³-hybridized carbons (Fsp3) is 0.542. The van der Waals surface area contributed by atoms with Crippen molar-refractivity contribution in [3.8, 4) is 0 Å². The Morgan fingerprint density at radius 1 is 1.09 bits per heavy atom. The molecule has 2 heterocycles. The first-order chi connectivity index (χ1) is 16.0. The smallest absolute Gasteiger partial charge is 0.252 e. The SMILES string of the molecule is Cc1ccccc1C(=O)NC(CC(C)C)C(=O)N1CCCN(S(=O)(=O)c2c(C)noc2C)CC1. The highest BCUT2D eigenvalue weighted by Gasteiger charge is 2.34. The zero-order valence-electron chi connectivity index (χ0n) is 20.5. The van der Waals surface area contributed by atoms with Crippen molar-refractivity contribution >= 4 is 21.8 Å². The van der Waals surface area contributed by atoms with Crippen molar-refractivity contribution in [2.75, 3.05) is 26.2 Å². The summed E-state index contributed by atoms with van der Waals surface area (Å²) in [7, 11) is -3.78. The van der Waals surface area contributed by atoms with Gasteiger partial charge >= 0.3 is 0 Å². The van der Waals surface area contributed by atoms with Crippen LogP contribution < -0.4 is 5.32 Å². The van der Waals surface area contributed by atoms with Gasteiger partial charge < -0.3 is 14.7 Å². The molecule has 34 heavy (non-hydrogen) atoms. The zero-order valence-corrected chi connectivity index (χ0v) is 21.3. The minimum absolute atomic E-state index is 0.0930. The molecule has 1 atom stereocenters. The fourth-order valence-electron chi connectivity index (χ4n) is 4.30. The highest BCUT2D eigenvalue weighted by Crippen LogP contribution is 2.24. The molecule has 1 aromatic heterocycles. The largest absolute Gasteiger partial charge is 0.360 e. The van der Waals surface area contributed by atoms with E-state index in [4.69, 9.17) is 4.52 Å². The third kappa shape index (κ3) is 5.67. The number of hydrogen-bond donors (Lipinski definition) is 1. The van der Waals surface area contributed by atoms with Crippen LogP contribution in [-0.4, -0.2) is 66.8 Å². The number of benzene rings is 1. The number of aryl methyl sites for hydroxylation is 3. The molecule has 1 aromatic carbocycles. The zero-order chi connectivity index (χ0) is 25.0. The lowest BCUT2D eigenvalue weighted by Gasteiger charge is -2.28. The molecule has 1 aliphatic rings. The number of nitrogens with one attached hydrogen (secondary N) is 1. The summed E-state index contributed by atoms with van der Waals surface area (Å²) in [5, 5.41) is 6.69. The maximum absolute atomic E-state index is 13.4. The molecular weight excluding hydrogens is 456 g/mol. The number of carbonyl (C=O) groups excluding carboxylic acids is 2. The third-order valence-electron chi connectivity index (χ3n) is 6.03. The number of rotatable bonds is 7. The summed E-state index contributed by atoms with van der Waals surface area (Å²) in [6.07, 6.45) is 0.989. The van der Waals surface area contributed by atoms with Crippen LogP contribution in [0.2, 0.25) is 0 Å². The average molecular weight is 491 g/mol. The van der Waals surface area contributed by atoms with Gasteiger partial charge in [0, 0.05) is 31.7 Å². The number of hydrogen-bond acceptors (Lipinski definition) is 6. The van der Waals surface area contributed by atoms with Crippen LogP contribution in [0.5, 0.6) is 0 Å². The second-order valence-electron chi connectivity index (χ2n) is 9.21. The van der Waals surface area contributed by atoms with Crippen molar-refractivity contribution in [2.45, 2.75) is 58.4 Å². The van der Waals surface area contributed by atoms with Gasteiger partial charge in [0.25, 0.3) is 5.91 Å². The monoisotopic (exact) mass is 490 g/mol. The summed E-state index contributed by atoms with van der Waals surface area (Å²) in [4.78, 5) is 28.1. The van der Waals surface area contributed by atoms with Crippen molar-refractivity contribution in [1.29, 1.82) is 0 Å². The minimum atomic E-state index is -3.78. The molecule has 0 spiro atoms. The van der Waals surface area contributed by atoms with Crippen LogP contribution in [0.1, 0.15) is 54.1 Å². The minimum Gasteiger partial charge on any atom is -0.360 e. The molecule has 2 aromatic rings. The normalized spacial score (nSPS) is 16.4. The molecule has 0 aliphatic carbocycles. The molecule has 186 valence electrons. The summed E-state index contributed by atoms with van der Waals surface area (Å²) in [6, 6.07) is 6.58. The molecule has 1 saturated heterocycles. The molecule has 0 radical (unpaired) electrons. The van der Waals surface area contributed by atoms with Gasteiger partial charge in [0.15, 0.2) is 5.76 Å². The third-order valence-corrected chi connectivity index (χ3v) is 8.18. The second-order valence-corrected chi connectivity index (χ2v) is 11.1. The lowest BCUT2D eigenvalue weighted by atomic mass is 10.0. The molecule has 0 saturated carbocycles. The Hall–Kier alpha value is -2.72. The number of sulfonamides is 1. The van der Waals surface area contributed by atoms with E-state index >= 15 is 0 Å². The highest BCUT2D eigenvalue weighted by atomic mass is 32.2.